The molecule has 156 valence electrons. The molecule has 3 aromatic rings. The van der Waals surface area contributed by atoms with Crippen molar-refractivity contribution in [3.05, 3.63) is 59.7 Å². The summed E-state index contributed by atoms with van der Waals surface area (Å²) in [6, 6.07) is 15.2. The number of amides is 1. The van der Waals surface area contributed by atoms with Crippen molar-refractivity contribution in [3.8, 4) is 5.88 Å². The van der Waals surface area contributed by atoms with Gasteiger partial charge in [0, 0.05) is 23.7 Å². The molecule has 0 saturated carbocycles. The van der Waals surface area contributed by atoms with Crippen molar-refractivity contribution in [2.75, 3.05) is 25.4 Å². The third-order valence-electron chi connectivity index (χ3n) is 5.28. The molecule has 0 fully saturated rings. The number of rotatable bonds is 4. The number of anilines is 1. The lowest BCUT2D eigenvalue weighted by atomic mass is 10.1. The van der Waals surface area contributed by atoms with E-state index in [1.165, 1.54) is 0 Å². The number of aromatic nitrogens is 1. The zero-order valence-electron chi connectivity index (χ0n) is 17.2. The molecule has 30 heavy (non-hydrogen) atoms. The summed E-state index contributed by atoms with van der Waals surface area (Å²) in [5, 5.41) is 11.8. The first-order valence-electron chi connectivity index (χ1n) is 10.1. The largest absolute Gasteiger partial charge is 0.494 e. The van der Waals surface area contributed by atoms with Crippen LogP contribution in [0.25, 0.3) is 10.9 Å². The summed E-state index contributed by atoms with van der Waals surface area (Å²) < 4.78 is 7.34. The van der Waals surface area contributed by atoms with Gasteiger partial charge in [0.1, 0.15) is 6.61 Å². The molecule has 0 radical (unpaired) electrons. The minimum atomic E-state index is -0.391. The van der Waals surface area contributed by atoms with Gasteiger partial charge in [-0.25, -0.2) is 4.79 Å². The number of carbonyl (C=O) groups excluding carboxylic acids is 1. The molecule has 1 aliphatic rings. The highest BCUT2D eigenvalue weighted by molar-refractivity contribution is 6.15. The van der Waals surface area contributed by atoms with Crippen molar-refractivity contribution in [3.63, 3.8) is 0 Å². The van der Waals surface area contributed by atoms with E-state index in [1.54, 1.807) is 4.90 Å². The number of aliphatic imine (C=N–C) groups is 1. The summed E-state index contributed by atoms with van der Waals surface area (Å²) in [7, 11) is 0. The third-order valence-corrected chi connectivity index (χ3v) is 5.28. The predicted octanol–water partition coefficient (Wildman–Crippen LogP) is 3.95. The van der Waals surface area contributed by atoms with E-state index >= 15 is 0 Å². The monoisotopic (exact) mass is 406 g/mol. The number of benzene rings is 2. The van der Waals surface area contributed by atoms with Crippen molar-refractivity contribution in [2.24, 2.45) is 4.99 Å². The van der Waals surface area contributed by atoms with Gasteiger partial charge in [0.05, 0.1) is 29.9 Å². The SMILES string of the molecule is CC(C)n1c(O)c(C2=NCCN(C(=O)OCc3ccccc3)C2)c2cc(N)ccc21. The van der Waals surface area contributed by atoms with Crippen LogP contribution < -0.4 is 5.73 Å². The Labute approximate surface area is 175 Å². The molecular formula is C23H26N4O3. The number of carbonyl (C=O) groups is 1. The van der Waals surface area contributed by atoms with Gasteiger partial charge in [0.25, 0.3) is 0 Å². The second-order valence-corrected chi connectivity index (χ2v) is 7.73. The van der Waals surface area contributed by atoms with E-state index in [0.29, 0.717) is 30.1 Å². The van der Waals surface area contributed by atoms with Gasteiger partial charge in [-0.3, -0.25) is 4.99 Å². The number of nitrogens with zero attached hydrogens (tertiary/aromatic N) is 3. The maximum atomic E-state index is 12.6. The highest BCUT2D eigenvalue weighted by atomic mass is 16.6. The van der Waals surface area contributed by atoms with E-state index in [-0.39, 0.29) is 25.1 Å². The van der Waals surface area contributed by atoms with Crippen molar-refractivity contribution >= 4 is 28.4 Å². The van der Waals surface area contributed by atoms with Crippen LogP contribution in [-0.2, 0) is 11.3 Å². The van der Waals surface area contributed by atoms with Gasteiger partial charge < -0.3 is 25.0 Å². The maximum absolute atomic E-state index is 12.6. The topological polar surface area (TPSA) is 93.1 Å². The average molecular weight is 406 g/mol. The Morgan fingerprint density at radius 1 is 1.23 bits per heavy atom. The fourth-order valence-corrected chi connectivity index (χ4v) is 3.87. The normalized spacial score (nSPS) is 14.2. The Kier molecular flexibility index (Phi) is 5.35. The van der Waals surface area contributed by atoms with E-state index in [9.17, 15) is 9.90 Å². The van der Waals surface area contributed by atoms with Crippen LogP contribution in [0.3, 0.4) is 0 Å². The Morgan fingerprint density at radius 2 is 2.00 bits per heavy atom. The Bertz CT molecular complexity index is 1100. The molecule has 7 nitrogen and oxygen atoms in total. The van der Waals surface area contributed by atoms with Crippen molar-refractivity contribution in [1.82, 2.24) is 9.47 Å². The number of ether oxygens (including phenoxy) is 1. The molecule has 0 saturated heterocycles. The summed E-state index contributed by atoms with van der Waals surface area (Å²) in [4.78, 5) is 18.9. The van der Waals surface area contributed by atoms with Gasteiger partial charge in [-0.05, 0) is 37.6 Å². The van der Waals surface area contributed by atoms with E-state index in [0.717, 1.165) is 16.5 Å². The fourth-order valence-electron chi connectivity index (χ4n) is 3.87. The Hall–Kier alpha value is -3.48. The molecule has 0 aliphatic carbocycles. The number of nitrogen functional groups attached to an aromatic ring is 1. The summed E-state index contributed by atoms with van der Waals surface area (Å²) in [5.74, 6) is 0.142. The van der Waals surface area contributed by atoms with Crippen molar-refractivity contribution in [1.29, 1.82) is 0 Å². The average Bonchev–Trinajstić information content (AvgIpc) is 3.04. The van der Waals surface area contributed by atoms with Crippen LogP contribution in [0.5, 0.6) is 5.88 Å². The van der Waals surface area contributed by atoms with Crippen LogP contribution in [0.4, 0.5) is 10.5 Å². The summed E-state index contributed by atoms with van der Waals surface area (Å²) in [6.45, 7) is 5.43. The van der Waals surface area contributed by atoms with Crippen LogP contribution in [0, 0.1) is 0 Å². The molecule has 0 unspecified atom stereocenters. The molecule has 0 spiro atoms. The fraction of sp³-hybridized carbons (Fsp3) is 0.304. The van der Waals surface area contributed by atoms with E-state index in [4.69, 9.17) is 10.5 Å². The van der Waals surface area contributed by atoms with E-state index in [2.05, 4.69) is 4.99 Å². The molecule has 2 heterocycles. The molecular weight excluding hydrogens is 380 g/mol. The second-order valence-electron chi connectivity index (χ2n) is 7.73. The molecule has 7 heteroatoms. The quantitative estimate of drug-likeness (QED) is 0.642. The third kappa shape index (κ3) is 3.70. The predicted molar refractivity (Wildman–Crippen MR) is 118 cm³/mol. The first-order valence-corrected chi connectivity index (χ1v) is 10.1. The van der Waals surface area contributed by atoms with Crippen LogP contribution >= 0.6 is 0 Å². The first kappa shape index (κ1) is 19.8. The molecule has 1 aliphatic heterocycles. The zero-order valence-corrected chi connectivity index (χ0v) is 17.2. The summed E-state index contributed by atoms with van der Waals surface area (Å²) >= 11 is 0. The lowest BCUT2D eigenvalue weighted by molar-refractivity contribution is 0.101. The lowest BCUT2D eigenvalue weighted by Gasteiger charge is -2.26. The Morgan fingerprint density at radius 3 is 2.73 bits per heavy atom. The minimum absolute atomic E-state index is 0.0565. The van der Waals surface area contributed by atoms with Crippen LogP contribution in [-0.4, -0.2) is 46.0 Å². The molecule has 4 rings (SSSR count). The highest BCUT2D eigenvalue weighted by Gasteiger charge is 2.27. The molecule has 0 bridgehead atoms. The van der Waals surface area contributed by atoms with Gasteiger partial charge in [-0.15, -0.1) is 0 Å². The number of fused-ring (bicyclic) bond motifs is 1. The second kappa shape index (κ2) is 8.10. The van der Waals surface area contributed by atoms with Crippen molar-refractivity contribution in [2.45, 2.75) is 26.5 Å². The molecule has 3 N–H and O–H groups in total. The highest BCUT2D eigenvalue weighted by Crippen LogP contribution is 2.36. The van der Waals surface area contributed by atoms with E-state index < -0.39 is 6.09 Å². The van der Waals surface area contributed by atoms with Gasteiger partial charge in [0.15, 0.2) is 0 Å². The number of hydrogen-bond donors (Lipinski definition) is 2. The number of hydrogen-bond acceptors (Lipinski definition) is 5. The zero-order chi connectivity index (χ0) is 21.3. The van der Waals surface area contributed by atoms with Gasteiger partial charge in [0.2, 0.25) is 5.88 Å². The minimum Gasteiger partial charge on any atom is -0.494 e. The number of nitrogens with two attached hydrogens (primary N) is 1. The van der Waals surface area contributed by atoms with Crippen LogP contribution in [0.2, 0.25) is 0 Å². The van der Waals surface area contributed by atoms with Gasteiger partial charge in [-0.2, -0.15) is 0 Å². The van der Waals surface area contributed by atoms with Gasteiger partial charge >= 0.3 is 6.09 Å². The summed E-state index contributed by atoms with van der Waals surface area (Å²) in [5.41, 5.74) is 9.74. The molecule has 1 amide bonds. The molecule has 0 atom stereocenters. The molecule has 1 aromatic heterocycles. The van der Waals surface area contributed by atoms with Crippen LogP contribution in [0.15, 0.2) is 53.5 Å². The lowest BCUT2D eigenvalue weighted by Crippen LogP contribution is -2.41. The van der Waals surface area contributed by atoms with Crippen molar-refractivity contribution < 1.29 is 14.6 Å². The van der Waals surface area contributed by atoms with Gasteiger partial charge in [-0.1, -0.05) is 30.3 Å². The Balaban J connectivity index is 1.60. The number of aromatic hydroxyl groups is 1. The maximum Gasteiger partial charge on any atom is 0.410 e. The van der Waals surface area contributed by atoms with Crippen LogP contribution in [0.1, 0.15) is 31.0 Å². The smallest absolute Gasteiger partial charge is 0.410 e. The summed E-state index contributed by atoms with van der Waals surface area (Å²) in [6.07, 6.45) is -0.391. The van der Waals surface area contributed by atoms with E-state index in [1.807, 2.05) is 66.9 Å². The first-order chi connectivity index (χ1) is 14.5. The molecule has 2 aromatic carbocycles. The standard InChI is InChI=1S/C23H26N4O3/c1-15(2)27-20-9-8-17(24)12-18(20)21(22(27)28)19-13-26(11-10-25-19)23(29)30-14-16-6-4-3-5-7-16/h3-9,12,15,28H,10-11,13-14,24H2,1-2H3.